The predicted octanol–water partition coefficient (Wildman–Crippen LogP) is 17.8. The summed E-state index contributed by atoms with van der Waals surface area (Å²) < 4.78 is 34.0. The Balaban J connectivity index is 3.92. The highest BCUT2D eigenvalue weighted by atomic mass is 31.2. The summed E-state index contributed by atoms with van der Waals surface area (Å²) in [5, 5.41) is 0. The number of carbonyl (C=O) groups excluding carboxylic acids is 2. The van der Waals surface area contributed by atoms with Crippen LogP contribution < -0.4 is 4.89 Å². The van der Waals surface area contributed by atoms with E-state index >= 15 is 0 Å². The average Bonchev–Trinajstić information content (AvgIpc) is 3.34. The summed E-state index contributed by atoms with van der Waals surface area (Å²) in [5.41, 5.74) is 0. The SMILES string of the molecule is CC/C=C\C/C=C\C/C=C\C/C=C\C/C=C\CCCCCCCCCCCCCCCCCCCCCCCC(=O)OC(COC(=O)CCCCCCC/C=C\CCCC)COP(=O)([O-])OCC[N+](C)(C)C. The van der Waals surface area contributed by atoms with Crippen LogP contribution in [0.4, 0.5) is 0 Å². The van der Waals surface area contributed by atoms with Gasteiger partial charge in [-0.05, 0) is 77.0 Å². The monoisotopic (exact) mass is 1030 g/mol. The second kappa shape index (κ2) is 53.3. The molecule has 0 saturated heterocycles. The van der Waals surface area contributed by atoms with Gasteiger partial charge in [-0.25, -0.2) is 0 Å². The zero-order valence-electron chi connectivity index (χ0n) is 47.4. The minimum atomic E-state index is -4.63. The van der Waals surface area contributed by atoms with E-state index in [1.54, 1.807) is 0 Å². The first-order chi connectivity index (χ1) is 35.0. The molecule has 0 bridgehead atoms. The van der Waals surface area contributed by atoms with Crippen LogP contribution in [0.5, 0.6) is 0 Å². The van der Waals surface area contributed by atoms with E-state index in [2.05, 4.69) is 86.8 Å². The summed E-state index contributed by atoms with van der Waals surface area (Å²) in [6, 6.07) is 0. The van der Waals surface area contributed by atoms with Gasteiger partial charge >= 0.3 is 11.9 Å². The largest absolute Gasteiger partial charge is 0.756 e. The third-order valence-electron chi connectivity index (χ3n) is 12.7. The van der Waals surface area contributed by atoms with E-state index in [0.717, 1.165) is 96.3 Å². The molecule has 0 N–H and O–H groups in total. The molecular weight excluding hydrogens is 918 g/mol. The summed E-state index contributed by atoms with van der Waals surface area (Å²) in [7, 11) is 1.17. The van der Waals surface area contributed by atoms with Crippen molar-refractivity contribution in [1.29, 1.82) is 0 Å². The number of esters is 2. The van der Waals surface area contributed by atoms with E-state index in [-0.39, 0.29) is 26.1 Å². The number of phosphoric ester groups is 1. The fourth-order valence-electron chi connectivity index (χ4n) is 8.14. The van der Waals surface area contributed by atoms with Crippen molar-refractivity contribution in [3.63, 3.8) is 0 Å². The molecule has 72 heavy (non-hydrogen) atoms. The number of phosphoric acid groups is 1. The fraction of sp³-hybridized carbons (Fsp3) is 0.774. The van der Waals surface area contributed by atoms with Crippen molar-refractivity contribution in [2.24, 2.45) is 0 Å². The number of rotatable bonds is 54. The van der Waals surface area contributed by atoms with Gasteiger partial charge in [0.15, 0.2) is 6.10 Å². The summed E-state index contributed by atoms with van der Waals surface area (Å²) in [6.07, 6.45) is 69.8. The van der Waals surface area contributed by atoms with E-state index in [1.165, 1.54) is 128 Å². The summed E-state index contributed by atoms with van der Waals surface area (Å²) in [6.45, 7) is 4.08. The van der Waals surface area contributed by atoms with Crippen LogP contribution in [0.15, 0.2) is 72.9 Å². The Morgan fingerprint density at radius 3 is 1.19 bits per heavy atom. The highest BCUT2D eigenvalue weighted by molar-refractivity contribution is 7.45. The van der Waals surface area contributed by atoms with Crippen LogP contribution >= 0.6 is 7.82 Å². The van der Waals surface area contributed by atoms with E-state index in [1.807, 2.05) is 21.1 Å². The fourth-order valence-corrected chi connectivity index (χ4v) is 8.86. The maximum Gasteiger partial charge on any atom is 0.306 e. The predicted molar refractivity (Wildman–Crippen MR) is 305 cm³/mol. The Labute approximate surface area is 444 Å². The normalized spacial score (nSPS) is 13.8. The Morgan fingerprint density at radius 2 is 0.792 bits per heavy atom. The molecule has 0 radical (unpaired) electrons. The standard InChI is InChI=1S/C62H112NO8P/c1-6-8-10-12-14-16-18-19-20-21-22-23-24-25-26-27-28-29-30-31-32-33-34-35-36-37-38-39-40-41-42-43-45-47-49-51-53-55-62(65)71-60(59-70-72(66,67)69-57-56-63(3,4)5)58-68-61(64)54-52-50-48-46-44-17-15-13-11-9-7-2/h8,10,13-16,19-20,22-23,25-26,60H,6-7,9,11-12,17-18,21,24,27-59H2,1-5H3/b10-8-,15-13-,16-14-,20-19-,23-22-,26-25-. The Bertz CT molecular complexity index is 1450. The quantitative estimate of drug-likeness (QED) is 0.0195. The summed E-state index contributed by atoms with van der Waals surface area (Å²) >= 11 is 0. The number of hydrogen-bond acceptors (Lipinski definition) is 8. The lowest BCUT2D eigenvalue weighted by Gasteiger charge is -2.28. The maximum absolute atomic E-state index is 12.8. The van der Waals surface area contributed by atoms with E-state index < -0.39 is 32.5 Å². The average molecular weight is 1030 g/mol. The third-order valence-corrected chi connectivity index (χ3v) is 13.7. The van der Waals surface area contributed by atoms with Crippen molar-refractivity contribution in [1.82, 2.24) is 0 Å². The van der Waals surface area contributed by atoms with Crippen LogP contribution in [0, 0.1) is 0 Å². The lowest BCUT2D eigenvalue weighted by atomic mass is 10.0. The number of unbranched alkanes of at least 4 members (excludes halogenated alkanes) is 28. The van der Waals surface area contributed by atoms with Crippen LogP contribution in [-0.2, 0) is 32.7 Å². The number of likely N-dealkylation sites (N-methyl/N-ethyl adjacent to an activating group) is 1. The Hall–Kier alpha value is -2.55. The number of ether oxygens (including phenoxy) is 2. The van der Waals surface area contributed by atoms with Crippen molar-refractivity contribution in [2.75, 3.05) is 47.5 Å². The zero-order valence-corrected chi connectivity index (χ0v) is 48.3. The molecule has 0 aliphatic heterocycles. The van der Waals surface area contributed by atoms with Gasteiger partial charge in [-0.1, -0.05) is 241 Å². The molecule has 418 valence electrons. The van der Waals surface area contributed by atoms with Gasteiger partial charge in [0.2, 0.25) is 0 Å². The molecule has 0 aliphatic rings. The van der Waals surface area contributed by atoms with Crippen molar-refractivity contribution >= 4 is 19.8 Å². The van der Waals surface area contributed by atoms with Crippen molar-refractivity contribution in [3.05, 3.63) is 72.9 Å². The highest BCUT2D eigenvalue weighted by Crippen LogP contribution is 2.38. The van der Waals surface area contributed by atoms with Gasteiger partial charge in [0.1, 0.15) is 19.8 Å². The summed E-state index contributed by atoms with van der Waals surface area (Å²) in [4.78, 5) is 37.7. The van der Waals surface area contributed by atoms with Crippen LogP contribution in [0.25, 0.3) is 0 Å². The van der Waals surface area contributed by atoms with Crippen molar-refractivity contribution < 1.29 is 42.1 Å². The number of allylic oxidation sites excluding steroid dienone is 12. The molecular formula is C62H112NO8P. The Kier molecular flexibility index (Phi) is 51.4. The number of hydrogen-bond donors (Lipinski definition) is 0. The molecule has 0 aliphatic carbocycles. The second-order valence-electron chi connectivity index (χ2n) is 21.0. The lowest BCUT2D eigenvalue weighted by molar-refractivity contribution is -0.870. The smallest absolute Gasteiger partial charge is 0.306 e. The van der Waals surface area contributed by atoms with Crippen LogP contribution in [0.3, 0.4) is 0 Å². The van der Waals surface area contributed by atoms with Gasteiger partial charge in [-0.15, -0.1) is 0 Å². The van der Waals surface area contributed by atoms with E-state index in [0.29, 0.717) is 17.4 Å². The second-order valence-corrected chi connectivity index (χ2v) is 22.4. The minimum Gasteiger partial charge on any atom is -0.756 e. The zero-order chi connectivity index (χ0) is 52.7. The first-order valence-electron chi connectivity index (χ1n) is 29.6. The van der Waals surface area contributed by atoms with Gasteiger partial charge in [-0.3, -0.25) is 14.2 Å². The molecule has 0 saturated carbocycles. The molecule has 2 unspecified atom stereocenters. The first-order valence-corrected chi connectivity index (χ1v) is 31.1. The lowest BCUT2D eigenvalue weighted by Crippen LogP contribution is -2.37. The molecule has 2 atom stereocenters. The Morgan fingerprint density at radius 1 is 0.444 bits per heavy atom. The van der Waals surface area contributed by atoms with Crippen molar-refractivity contribution in [2.45, 2.75) is 264 Å². The maximum atomic E-state index is 12.8. The van der Waals surface area contributed by atoms with Gasteiger partial charge < -0.3 is 27.9 Å². The molecule has 0 amide bonds. The molecule has 0 aromatic heterocycles. The number of quaternary nitrogens is 1. The van der Waals surface area contributed by atoms with Crippen molar-refractivity contribution in [3.8, 4) is 0 Å². The third kappa shape index (κ3) is 56.7. The van der Waals surface area contributed by atoms with Gasteiger partial charge in [0.25, 0.3) is 7.82 Å². The van der Waals surface area contributed by atoms with Gasteiger partial charge in [0, 0.05) is 12.8 Å². The number of nitrogens with zero attached hydrogens (tertiary/aromatic N) is 1. The number of carbonyl (C=O) groups is 2. The van der Waals surface area contributed by atoms with Gasteiger partial charge in [0.05, 0.1) is 27.7 Å². The van der Waals surface area contributed by atoms with Crippen LogP contribution in [0.2, 0.25) is 0 Å². The topological polar surface area (TPSA) is 111 Å². The molecule has 0 aromatic carbocycles. The highest BCUT2D eigenvalue weighted by Gasteiger charge is 2.22. The molecule has 0 fully saturated rings. The molecule has 9 nitrogen and oxygen atoms in total. The van der Waals surface area contributed by atoms with Crippen LogP contribution in [0.1, 0.15) is 258 Å². The molecule has 0 spiro atoms. The van der Waals surface area contributed by atoms with Crippen LogP contribution in [-0.4, -0.2) is 70.0 Å². The van der Waals surface area contributed by atoms with E-state index in [4.69, 9.17) is 18.5 Å². The minimum absolute atomic E-state index is 0.0321. The summed E-state index contributed by atoms with van der Waals surface area (Å²) in [5.74, 6) is -0.839. The van der Waals surface area contributed by atoms with Gasteiger partial charge in [-0.2, -0.15) is 0 Å². The molecule has 10 heteroatoms. The van der Waals surface area contributed by atoms with E-state index in [9.17, 15) is 19.0 Å². The molecule has 0 aromatic rings. The first kappa shape index (κ1) is 69.5. The molecule has 0 rings (SSSR count). The molecule has 0 heterocycles.